The normalized spacial score (nSPS) is 12.0. The van der Waals surface area contributed by atoms with Gasteiger partial charge < -0.3 is 19.5 Å². The molecule has 0 bridgehead atoms. The van der Waals surface area contributed by atoms with E-state index >= 15 is 0 Å². The predicted molar refractivity (Wildman–Crippen MR) is 129 cm³/mol. The monoisotopic (exact) mass is 449 g/mol. The van der Waals surface area contributed by atoms with Gasteiger partial charge in [-0.25, -0.2) is 9.78 Å². The third-order valence-electron chi connectivity index (χ3n) is 5.08. The van der Waals surface area contributed by atoms with E-state index < -0.39 is 5.97 Å². The van der Waals surface area contributed by atoms with E-state index in [-0.39, 0.29) is 25.4 Å². The third-order valence-corrected chi connectivity index (χ3v) is 5.08. The van der Waals surface area contributed by atoms with E-state index in [4.69, 9.17) is 24.5 Å². The van der Waals surface area contributed by atoms with Crippen LogP contribution in [0.5, 0.6) is 0 Å². The van der Waals surface area contributed by atoms with Crippen molar-refractivity contribution in [3.05, 3.63) is 66.9 Å². The first-order valence-corrected chi connectivity index (χ1v) is 11.1. The third kappa shape index (κ3) is 7.10. The first-order valence-electron chi connectivity index (χ1n) is 11.1. The Morgan fingerprint density at radius 1 is 0.970 bits per heavy atom. The number of hydrogen-bond donors (Lipinski definition) is 1. The van der Waals surface area contributed by atoms with Gasteiger partial charge in [-0.1, -0.05) is 60.7 Å². The van der Waals surface area contributed by atoms with Crippen LogP contribution in [0.3, 0.4) is 0 Å². The summed E-state index contributed by atoms with van der Waals surface area (Å²) >= 11 is 0. The minimum Gasteiger partial charge on any atom is -0.480 e. The van der Waals surface area contributed by atoms with Gasteiger partial charge in [0, 0.05) is 23.7 Å². The van der Waals surface area contributed by atoms with Crippen LogP contribution in [0.2, 0.25) is 0 Å². The van der Waals surface area contributed by atoms with Gasteiger partial charge in [-0.2, -0.15) is 0 Å². The highest BCUT2D eigenvalue weighted by Gasteiger charge is 2.18. The molecule has 0 aliphatic carbocycles. The van der Waals surface area contributed by atoms with Crippen LogP contribution in [0.15, 0.2) is 66.9 Å². The Labute approximate surface area is 195 Å². The number of carboxylic acid groups (broad SMARTS) is 1. The van der Waals surface area contributed by atoms with Crippen molar-refractivity contribution in [1.29, 1.82) is 0 Å². The van der Waals surface area contributed by atoms with Gasteiger partial charge in [0.15, 0.2) is 0 Å². The zero-order valence-electron chi connectivity index (χ0n) is 19.3. The maximum atomic E-state index is 10.6. The number of nitrogens with zero attached hydrogens (tertiary/aromatic N) is 3. The van der Waals surface area contributed by atoms with Gasteiger partial charge in [-0.05, 0) is 20.8 Å². The van der Waals surface area contributed by atoms with Gasteiger partial charge in [-0.15, -0.1) is 0 Å². The second kappa shape index (κ2) is 12.1. The van der Waals surface area contributed by atoms with Crippen molar-refractivity contribution < 1.29 is 19.4 Å². The standard InChI is InChI=1S/C26H31N3O4/c1-19(2)29(14-15-33-20(3)17-32-18-24(30)31)23-16-27-25(21-10-6-4-7-11-21)26(28-23)22-12-8-5-9-13-22/h4-13,16,19-20H,14-15,17-18H2,1-3H3,(H,30,31)/t20-/m1/s1. The fraction of sp³-hybridized carbons (Fsp3) is 0.346. The van der Waals surface area contributed by atoms with Gasteiger partial charge >= 0.3 is 5.97 Å². The van der Waals surface area contributed by atoms with Crippen molar-refractivity contribution in [2.75, 3.05) is 31.3 Å². The Hall–Kier alpha value is -3.29. The molecule has 7 heteroatoms. The molecule has 0 spiro atoms. The minimum atomic E-state index is -0.986. The molecule has 2 aromatic carbocycles. The molecule has 0 saturated heterocycles. The number of ether oxygens (including phenoxy) is 2. The molecule has 174 valence electrons. The van der Waals surface area contributed by atoms with E-state index in [1.165, 1.54) is 0 Å². The van der Waals surface area contributed by atoms with Gasteiger partial charge in [0.1, 0.15) is 12.4 Å². The summed E-state index contributed by atoms with van der Waals surface area (Å²) in [5.41, 5.74) is 3.70. The zero-order valence-corrected chi connectivity index (χ0v) is 19.3. The van der Waals surface area contributed by atoms with Crippen molar-refractivity contribution in [1.82, 2.24) is 9.97 Å². The average molecular weight is 450 g/mol. The lowest BCUT2D eigenvalue weighted by Crippen LogP contribution is -2.36. The highest BCUT2D eigenvalue weighted by Crippen LogP contribution is 2.30. The molecule has 7 nitrogen and oxygen atoms in total. The maximum Gasteiger partial charge on any atom is 0.329 e. The SMILES string of the molecule is CC(C)N(CCO[C@H](C)COCC(=O)O)c1cnc(-c2ccccc2)c(-c2ccccc2)n1. The number of rotatable bonds is 12. The Kier molecular flexibility index (Phi) is 8.92. The van der Waals surface area contributed by atoms with Crippen molar-refractivity contribution in [2.24, 2.45) is 0 Å². The Bertz CT molecular complexity index is 1010. The molecular weight excluding hydrogens is 418 g/mol. The summed E-state index contributed by atoms with van der Waals surface area (Å²) in [6.07, 6.45) is 1.61. The molecule has 0 aliphatic rings. The molecule has 0 unspecified atom stereocenters. The zero-order chi connectivity index (χ0) is 23.6. The number of carboxylic acids is 1. The predicted octanol–water partition coefficient (Wildman–Crippen LogP) is 4.53. The van der Waals surface area contributed by atoms with E-state index in [1.807, 2.05) is 73.8 Å². The van der Waals surface area contributed by atoms with Crippen LogP contribution < -0.4 is 4.90 Å². The van der Waals surface area contributed by atoms with Crippen LogP contribution in [0, 0.1) is 0 Å². The number of aliphatic carboxylic acids is 1. The van der Waals surface area contributed by atoms with Gasteiger partial charge in [0.2, 0.25) is 0 Å². The van der Waals surface area contributed by atoms with Crippen LogP contribution in [-0.2, 0) is 14.3 Å². The number of anilines is 1. The Balaban J connectivity index is 1.79. The molecule has 3 rings (SSSR count). The van der Waals surface area contributed by atoms with Crippen molar-refractivity contribution >= 4 is 11.8 Å². The van der Waals surface area contributed by atoms with Crippen LogP contribution in [0.4, 0.5) is 5.82 Å². The summed E-state index contributed by atoms with van der Waals surface area (Å²) in [4.78, 5) is 22.6. The summed E-state index contributed by atoms with van der Waals surface area (Å²) in [6, 6.07) is 20.3. The van der Waals surface area contributed by atoms with Crippen molar-refractivity contribution in [3.63, 3.8) is 0 Å². The topological polar surface area (TPSA) is 84.8 Å². The first-order chi connectivity index (χ1) is 16.0. The van der Waals surface area contributed by atoms with Gasteiger partial charge in [-0.3, -0.25) is 4.98 Å². The summed E-state index contributed by atoms with van der Waals surface area (Å²) in [5.74, 6) is -0.207. The smallest absolute Gasteiger partial charge is 0.329 e. The minimum absolute atomic E-state index is 0.188. The van der Waals surface area contributed by atoms with Crippen molar-refractivity contribution in [2.45, 2.75) is 32.9 Å². The van der Waals surface area contributed by atoms with Crippen LogP contribution in [-0.4, -0.2) is 59.6 Å². The molecule has 1 heterocycles. The summed E-state index contributed by atoms with van der Waals surface area (Å²) in [5, 5.41) is 8.67. The van der Waals surface area contributed by atoms with Crippen LogP contribution in [0.25, 0.3) is 22.5 Å². The molecule has 0 saturated carbocycles. The maximum absolute atomic E-state index is 10.6. The largest absolute Gasteiger partial charge is 0.480 e. The number of benzene rings is 2. The molecule has 3 aromatic rings. The van der Waals surface area contributed by atoms with E-state index in [2.05, 4.69) is 18.7 Å². The Morgan fingerprint density at radius 3 is 2.15 bits per heavy atom. The lowest BCUT2D eigenvalue weighted by Gasteiger charge is -2.29. The molecule has 1 N–H and O–H groups in total. The van der Waals surface area contributed by atoms with E-state index in [0.717, 1.165) is 28.3 Å². The lowest BCUT2D eigenvalue weighted by atomic mass is 10.0. The summed E-state index contributed by atoms with van der Waals surface area (Å²) < 4.78 is 10.9. The highest BCUT2D eigenvalue weighted by molar-refractivity contribution is 5.78. The summed E-state index contributed by atoms with van der Waals surface area (Å²) in [7, 11) is 0. The molecule has 0 aliphatic heterocycles. The molecule has 33 heavy (non-hydrogen) atoms. The first kappa shape index (κ1) is 24.4. The second-order valence-electron chi connectivity index (χ2n) is 8.03. The van der Waals surface area contributed by atoms with E-state index in [1.54, 1.807) is 0 Å². The van der Waals surface area contributed by atoms with E-state index in [0.29, 0.717) is 13.2 Å². The quantitative estimate of drug-likeness (QED) is 0.435. The molecule has 1 aromatic heterocycles. The highest BCUT2D eigenvalue weighted by atomic mass is 16.5. The molecule has 1 atom stereocenters. The van der Waals surface area contributed by atoms with Crippen LogP contribution in [0.1, 0.15) is 20.8 Å². The molecule has 0 amide bonds. The lowest BCUT2D eigenvalue weighted by molar-refractivity contribution is -0.143. The van der Waals surface area contributed by atoms with Crippen LogP contribution >= 0.6 is 0 Å². The average Bonchev–Trinajstić information content (AvgIpc) is 2.82. The number of aromatic nitrogens is 2. The fourth-order valence-electron chi connectivity index (χ4n) is 3.47. The molecule has 0 radical (unpaired) electrons. The molecular formula is C26H31N3O4. The van der Waals surface area contributed by atoms with E-state index in [9.17, 15) is 4.79 Å². The second-order valence-corrected chi connectivity index (χ2v) is 8.03. The van der Waals surface area contributed by atoms with Gasteiger partial charge in [0.25, 0.3) is 0 Å². The number of hydrogen-bond acceptors (Lipinski definition) is 6. The molecule has 0 fully saturated rings. The van der Waals surface area contributed by atoms with Crippen molar-refractivity contribution in [3.8, 4) is 22.5 Å². The fourth-order valence-corrected chi connectivity index (χ4v) is 3.47. The number of carbonyl (C=O) groups is 1. The van der Waals surface area contributed by atoms with Gasteiger partial charge in [0.05, 0.1) is 36.9 Å². The summed E-state index contributed by atoms with van der Waals surface area (Å²) in [6.45, 7) is 7.06. The Morgan fingerprint density at radius 2 is 1.58 bits per heavy atom.